The molecule has 0 saturated heterocycles. The van der Waals surface area contributed by atoms with Gasteiger partial charge in [-0.1, -0.05) is 12.2 Å². The van der Waals surface area contributed by atoms with E-state index in [9.17, 15) is 0 Å². The minimum atomic E-state index is -0.270. The van der Waals surface area contributed by atoms with Gasteiger partial charge < -0.3 is 10.2 Å². The van der Waals surface area contributed by atoms with Crippen molar-refractivity contribution in [1.82, 2.24) is 0 Å². The van der Waals surface area contributed by atoms with Crippen LogP contribution in [0.15, 0.2) is 28.7 Å². The Morgan fingerprint density at radius 3 is 2.50 bits per heavy atom. The summed E-state index contributed by atoms with van der Waals surface area (Å²) in [6, 6.07) is 3.94. The highest BCUT2D eigenvalue weighted by Crippen LogP contribution is 2.32. The van der Waals surface area contributed by atoms with Crippen LogP contribution in [-0.4, -0.2) is 0 Å². The number of rotatable bonds is 1. The molecule has 0 amide bonds. The molecule has 2 nitrogen and oxygen atoms in total. The van der Waals surface area contributed by atoms with Crippen LogP contribution in [-0.2, 0) is 5.54 Å². The maximum atomic E-state index is 6.14. The van der Waals surface area contributed by atoms with Crippen LogP contribution in [0.5, 0.6) is 0 Å². The van der Waals surface area contributed by atoms with E-state index in [4.69, 9.17) is 10.2 Å². The van der Waals surface area contributed by atoms with Crippen molar-refractivity contribution in [3.8, 4) is 0 Å². The van der Waals surface area contributed by atoms with E-state index in [1.165, 1.54) is 0 Å². The standard InChI is InChI=1S/C10H13NO/c1-8-4-5-9(12-8)10(11)6-2-3-7-10/h2-5H,6-7,11H2,1H3. The SMILES string of the molecule is Cc1ccc(C2(N)CC=CC2)o1. The monoisotopic (exact) mass is 163 g/mol. The lowest BCUT2D eigenvalue weighted by Gasteiger charge is -2.20. The Kier molecular flexibility index (Phi) is 1.58. The molecule has 0 fully saturated rings. The minimum Gasteiger partial charge on any atom is -0.464 e. The molecule has 1 aromatic heterocycles. The number of hydrogen-bond donors (Lipinski definition) is 1. The number of furan rings is 1. The zero-order valence-corrected chi connectivity index (χ0v) is 7.21. The highest BCUT2D eigenvalue weighted by Gasteiger charge is 2.30. The molecule has 0 aliphatic heterocycles. The molecule has 2 heteroatoms. The Balaban J connectivity index is 2.30. The van der Waals surface area contributed by atoms with Gasteiger partial charge in [-0.2, -0.15) is 0 Å². The van der Waals surface area contributed by atoms with Gasteiger partial charge in [0, 0.05) is 0 Å². The topological polar surface area (TPSA) is 39.2 Å². The van der Waals surface area contributed by atoms with Crippen LogP contribution in [0.3, 0.4) is 0 Å². The van der Waals surface area contributed by atoms with Gasteiger partial charge in [-0.25, -0.2) is 0 Å². The van der Waals surface area contributed by atoms with Crippen LogP contribution in [0.2, 0.25) is 0 Å². The van der Waals surface area contributed by atoms with Crippen molar-refractivity contribution in [2.45, 2.75) is 25.3 Å². The van der Waals surface area contributed by atoms with Crippen LogP contribution in [0.25, 0.3) is 0 Å². The minimum absolute atomic E-state index is 0.270. The first-order valence-electron chi connectivity index (χ1n) is 4.21. The van der Waals surface area contributed by atoms with Crippen molar-refractivity contribution in [2.75, 3.05) is 0 Å². The van der Waals surface area contributed by atoms with Gasteiger partial charge in [-0.05, 0) is 31.9 Å². The fourth-order valence-corrected chi connectivity index (χ4v) is 1.57. The van der Waals surface area contributed by atoms with Crippen molar-refractivity contribution >= 4 is 0 Å². The van der Waals surface area contributed by atoms with Crippen LogP contribution >= 0.6 is 0 Å². The van der Waals surface area contributed by atoms with E-state index in [2.05, 4.69) is 12.2 Å². The Labute approximate surface area is 72.1 Å². The first kappa shape index (κ1) is 7.62. The average molecular weight is 163 g/mol. The molecule has 12 heavy (non-hydrogen) atoms. The molecule has 1 aliphatic carbocycles. The lowest BCUT2D eigenvalue weighted by atomic mass is 9.95. The Morgan fingerprint density at radius 1 is 1.33 bits per heavy atom. The second-order valence-corrected chi connectivity index (χ2v) is 3.45. The van der Waals surface area contributed by atoms with Crippen molar-refractivity contribution in [1.29, 1.82) is 0 Å². The molecule has 1 heterocycles. The van der Waals surface area contributed by atoms with Crippen molar-refractivity contribution in [3.05, 3.63) is 35.8 Å². The molecule has 0 radical (unpaired) electrons. The van der Waals surface area contributed by atoms with Crippen LogP contribution in [0.1, 0.15) is 24.4 Å². The molecule has 2 N–H and O–H groups in total. The van der Waals surface area contributed by atoms with Gasteiger partial charge in [0.15, 0.2) is 0 Å². The van der Waals surface area contributed by atoms with E-state index < -0.39 is 0 Å². The molecular formula is C10H13NO. The molecule has 2 rings (SSSR count). The van der Waals surface area contributed by atoms with E-state index in [1.807, 2.05) is 19.1 Å². The normalized spacial score (nSPS) is 20.2. The summed E-state index contributed by atoms with van der Waals surface area (Å²) in [6.07, 6.45) is 6.00. The van der Waals surface area contributed by atoms with Crippen LogP contribution in [0, 0.1) is 6.92 Å². The third kappa shape index (κ3) is 1.08. The van der Waals surface area contributed by atoms with E-state index in [1.54, 1.807) is 0 Å². The smallest absolute Gasteiger partial charge is 0.124 e. The highest BCUT2D eigenvalue weighted by atomic mass is 16.3. The quantitative estimate of drug-likeness (QED) is 0.644. The predicted octanol–water partition coefficient (Wildman–Crippen LogP) is 2.09. The van der Waals surface area contributed by atoms with E-state index in [-0.39, 0.29) is 5.54 Å². The first-order chi connectivity index (χ1) is 5.71. The van der Waals surface area contributed by atoms with Crippen LogP contribution in [0.4, 0.5) is 0 Å². The van der Waals surface area contributed by atoms with Gasteiger partial charge in [0.1, 0.15) is 11.5 Å². The average Bonchev–Trinajstić information content (AvgIpc) is 2.59. The molecule has 1 aromatic rings. The Morgan fingerprint density at radius 2 is 2.00 bits per heavy atom. The summed E-state index contributed by atoms with van der Waals surface area (Å²) in [7, 11) is 0. The summed E-state index contributed by atoms with van der Waals surface area (Å²) >= 11 is 0. The lowest BCUT2D eigenvalue weighted by Crippen LogP contribution is -2.32. The zero-order valence-electron chi connectivity index (χ0n) is 7.21. The van der Waals surface area contributed by atoms with Crippen molar-refractivity contribution < 1.29 is 4.42 Å². The second-order valence-electron chi connectivity index (χ2n) is 3.45. The molecule has 0 bridgehead atoms. The maximum Gasteiger partial charge on any atom is 0.124 e. The van der Waals surface area contributed by atoms with Gasteiger partial charge in [0.2, 0.25) is 0 Å². The fourth-order valence-electron chi connectivity index (χ4n) is 1.57. The third-order valence-electron chi connectivity index (χ3n) is 2.36. The summed E-state index contributed by atoms with van der Waals surface area (Å²) in [5.41, 5.74) is 5.87. The molecule has 0 spiro atoms. The summed E-state index contributed by atoms with van der Waals surface area (Å²) < 4.78 is 5.51. The summed E-state index contributed by atoms with van der Waals surface area (Å²) in [6.45, 7) is 1.94. The van der Waals surface area contributed by atoms with Crippen molar-refractivity contribution in [3.63, 3.8) is 0 Å². The number of aryl methyl sites for hydroxylation is 1. The van der Waals surface area contributed by atoms with Gasteiger partial charge in [-0.3, -0.25) is 0 Å². The summed E-state index contributed by atoms with van der Waals surface area (Å²) in [5, 5.41) is 0. The van der Waals surface area contributed by atoms with Gasteiger partial charge >= 0.3 is 0 Å². The second kappa shape index (κ2) is 2.49. The largest absolute Gasteiger partial charge is 0.464 e. The van der Waals surface area contributed by atoms with E-state index >= 15 is 0 Å². The highest BCUT2D eigenvalue weighted by molar-refractivity contribution is 5.21. The Bertz CT molecular complexity index is 303. The number of hydrogen-bond acceptors (Lipinski definition) is 2. The van der Waals surface area contributed by atoms with E-state index in [0.717, 1.165) is 24.4 Å². The lowest BCUT2D eigenvalue weighted by molar-refractivity contribution is 0.350. The predicted molar refractivity (Wildman–Crippen MR) is 47.7 cm³/mol. The molecular weight excluding hydrogens is 150 g/mol. The van der Waals surface area contributed by atoms with Gasteiger partial charge in [0.05, 0.1) is 5.54 Å². The molecule has 0 atom stereocenters. The van der Waals surface area contributed by atoms with Gasteiger partial charge in [-0.15, -0.1) is 0 Å². The molecule has 0 unspecified atom stereocenters. The summed E-state index contributed by atoms with van der Waals surface area (Å²) in [4.78, 5) is 0. The number of nitrogens with two attached hydrogens (primary N) is 1. The molecule has 1 aliphatic rings. The maximum absolute atomic E-state index is 6.14. The zero-order chi connectivity index (χ0) is 8.60. The molecule has 0 saturated carbocycles. The van der Waals surface area contributed by atoms with Crippen LogP contribution < -0.4 is 5.73 Å². The Hall–Kier alpha value is -1.02. The molecule has 0 aromatic carbocycles. The van der Waals surface area contributed by atoms with Gasteiger partial charge in [0.25, 0.3) is 0 Å². The van der Waals surface area contributed by atoms with Crippen molar-refractivity contribution in [2.24, 2.45) is 5.73 Å². The third-order valence-corrected chi connectivity index (χ3v) is 2.36. The first-order valence-corrected chi connectivity index (χ1v) is 4.21. The molecule has 64 valence electrons. The van der Waals surface area contributed by atoms with E-state index in [0.29, 0.717) is 0 Å². The fraction of sp³-hybridized carbons (Fsp3) is 0.400. The summed E-state index contributed by atoms with van der Waals surface area (Å²) in [5.74, 6) is 1.84.